The van der Waals surface area contributed by atoms with Crippen molar-refractivity contribution in [1.29, 1.82) is 0 Å². The van der Waals surface area contributed by atoms with E-state index in [9.17, 15) is 4.79 Å². The first-order valence-corrected chi connectivity index (χ1v) is 10.4. The lowest BCUT2D eigenvalue weighted by molar-refractivity contribution is 0.101. The van der Waals surface area contributed by atoms with Crippen LogP contribution in [0.3, 0.4) is 0 Å². The number of ketones is 1. The van der Waals surface area contributed by atoms with E-state index < -0.39 is 5.66 Å². The van der Waals surface area contributed by atoms with Gasteiger partial charge in [0.1, 0.15) is 5.66 Å². The van der Waals surface area contributed by atoms with Crippen LogP contribution < -0.4 is 21.3 Å². The van der Waals surface area contributed by atoms with Crippen molar-refractivity contribution in [3.63, 3.8) is 0 Å². The maximum absolute atomic E-state index is 12.6. The van der Waals surface area contributed by atoms with E-state index in [4.69, 9.17) is 16.5 Å². The second kappa shape index (κ2) is 7.45. The molecule has 1 saturated heterocycles. The number of carbonyl (C=O) groups is 1. The number of guanidine groups is 2. The molecule has 2 heterocycles. The van der Waals surface area contributed by atoms with Gasteiger partial charge in [-0.15, -0.1) is 0 Å². The van der Waals surface area contributed by atoms with Crippen molar-refractivity contribution in [2.24, 2.45) is 21.5 Å². The Morgan fingerprint density at radius 2 is 1.71 bits per heavy atom. The van der Waals surface area contributed by atoms with Crippen LogP contribution in [0.1, 0.15) is 68.6 Å². The molecule has 1 aromatic rings. The Kier molecular flexibility index (Phi) is 5.00. The molecule has 0 bridgehead atoms. The number of nitrogens with two attached hydrogens (primary N) is 2. The molecule has 4 rings (SSSR count). The summed E-state index contributed by atoms with van der Waals surface area (Å²) < 4.78 is 0. The van der Waals surface area contributed by atoms with E-state index in [0.717, 1.165) is 50.1 Å². The van der Waals surface area contributed by atoms with E-state index in [-0.39, 0.29) is 11.7 Å². The summed E-state index contributed by atoms with van der Waals surface area (Å²) in [4.78, 5) is 25.9. The van der Waals surface area contributed by atoms with Crippen LogP contribution in [-0.2, 0) is 0 Å². The fraction of sp³-hybridized carbons (Fsp3) is 0.571. The summed E-state index contributed by atoms with van der Waals surface area (Å²) in [5.41, 5.74) is 14.3. The predicted octanol–water partition coefficient (Wildman–Crippen LogP) is 2.99. The molecule has 0 unspecified atom stereocenters. The number of hydrogen-bond acceptors (Lipinski definition) is 7. The monoisotopic (exact) mass is 382 g/mol. The molecule has 150 valence electrons. The normalized spacial score (nSPS) is 22.0. The van der Waals surface area contributed by atoms with E-state index in [1.54, 1.807) is 6.92 Å². The summed E-state index contributed by atoms with van der Waals surface area (Å²) >= 11 is 0. The highest BCUT2D eigenvalue weighted by molar-refractivity contribution is 6.10. The molecule has 0 atom stereocenters. The summed E-state index contributed by atoms with van der Waals surface area (Å²) in [5.74, 6) is 0.572. The Labute approximate surface area is 166 Å². The van der Waals surface area contributed by atoms with Crippen molar-refractivity contribution >= 4 is 29.1 Å². The first kappa shape index (κ1) is 18.8. The molecule has 7 nitrogen and oxygen atoms in total. The Morgan fingerprint density at radius 3 is 2.39 bits per heavy atom. The molecule has 0 aromatic heterocycles. The van der Waals surface area contributed by atoms with Crippen LogP contribution in [0.25, 0.3) is 0 Å². The fourth-order valence-corrected chi connectivity index (χ4v) is 4.82. The lowest BCUT2D eigenvalue weighted by atomic mass is 9.86. The third-order valence-electron chi connectivity index (χ3n) is 6.17. The molecule has 0 radical (unpaired) electrons. The summed E-state index contributed by atoms with van der Waals surface area (Å²) in [6, 6.07) is 6.11. The first-order chi connectivity index (χ1) is 13.5. The smallest absolute Gasteiger partial charge is 0.220 e. The first-order valence-electron chi connectivity index (χ1n) is 10.4. The van der Waals surface area contributed by atoms with Crippen molar-refractivity contribution in [1.82, 2.24) is 0 Å². The van der Waals surface area contributed by atoms with Gasteiger partial charge in [0.05, 0.1) is 5.69 Å². The standard InChI is InChI=1S/C21H30N6O/c1-15(28)17-14-16(26-12-6-3-7-13-26)8-9-18(17)27-20(23)24-19(22)25-21(27)10-4-2-5-11-21/h8-9,14H,2-7,10-13H2,1H3,(H4,22,23,24,25). The molecule has 0 amide bonds. The van der Waals surface area contributed by atoms with Crippen molar-refractivity contribution in [2.75, 3.05) is 22.9 Å². The second-order valence-electron chi connectivity index (χ2n) is 8.12. The zero-order valence-electron chi connectivity index (χ0n) is 16.7. The van der Waals surface area contributed by atoms with Gasteiger partial charge in [0.2, 0.25) is 11.9 Å². The topological polar surface area (TPSA) is 100 Å². The van der Waals surface area contributed by atoms with Crippen LogP contribution in [0, 0.1) is 0 Å². The Hall–Kier alpha value is -2.57. The maximum Gasteiger partial charge on any atom is 0.220 e. The lowest BCUT2D eigenvalue weighted by Gasteiger charge is -2.46. The molecule has 1 aromatic carbocycles. The van der Waals surface area contributed by atoms with Crippen LogP contribution in [0.5, 0.6) is 0 Å². The van der Waals surface area contributed by atoms with Gasteiger partial charge in [-0.25, -0.2) is 4.99 Å². The van der Waals surface area contributed by atoms with E-state index in [2.05, 4.69) is 16.0 Å². The second-order valence-corrected chi connectivity index (χ2v) is 8.12. The number of aliphatic imine (C=N–C) groups is 2. The Morgan fingerprint density at radius 1 is 1.04 bits per heavy atom. The maximum atomic E-state index is 12.6. The van der Waals surface area contributed by atoms with Gasteiger partial charge in [-0.3, -0.25) is 9.69 Å². The van der Waals surface area contributed by atoms with E-state index in [1.807, 2.05) is 17.0 Å². The molecule has 1 saturated carbocycles. The molecule has 1 aliphatic carbocycles. The Balaban J connectivity index is 1.78. The van der Waals surface area contributed by atoms with Gasteiger partial charge in [0, 0.05) is 24.3 Å². The van der Waals surface area contributed by atoms with Gasteiger partial charge >= 0.3 is 0 Å². The average molecular weight is 383 g/mol. The van der Waals surface area contributed by atoms with Crippen molar-refractivity contribution in [2.45, 2.75) is 64.0 Å². The summed E-state index contributed by atoms with van der Waals surface area (Å²) in [6.45, 7) is 3.69. The van der Waals surface area contributed by atoms with Gasteiger partial charge in [-0.05, 0) is 70.1 Å². The van der Waals surface area contributed by atoms with Crippen molar-refractivity contribution in [3.8, 4) is 0 Å². The highest BCUT2D eigenvalue weighted by Crippen LogP contribution is 2.41. The molecule has 7 heteroatoms. The van der Waals surface area contributed by atoms with Crippen LogP contribution in [-0.4, -0.2) is 36.5 Å². The molecule has 2 aliphatic heterocycles. The number of carbonyl (C=O) groups excluding carboxylic acids is 1. The average Bonchev–Trinajstić information content (AvgIpc) is 2.68. The fourth-order valence-electron chi connectivity index (χ4n) is 4.82. The highest BCUT2D eigenvalue weighted by atomic mass is 16.1. The van der Waals surface area contributed by atoms with Gasteiger partial charge in [-0.1, -0.05) is 6.42 Å². The number of benzene rings is 1. The number of rotatable bonds is 3. The zero-order valence-corrected chi connectivity index (χ0v) is 16.7. The van der Waals surface area contributed by atoms with Crippen LogP contribution in [0.4, 0.5) is 11.4 Å². The molecule has 1 spiro atoms. The third-order valence-corrected chi connectivity index (χ3v) is 6.17. The van der Waals surface area contributed by atoms with Gasteiger partial charge in [0.15, 0.2) is 5.78 Å². The highest BCUT2D eigenvalue weighted by Gasteiger charge is 2.43. The number of anilines is 2. The Bertz CT molecular complexity index is 818. The summed E-state index contributed by atoms with van der Waals surface area (Å²) in [6.07, 6.45) is 8.67. The quantitative estimate of drug-likeness (QED) is 0.783. The van der Waals surface area contributed by atoms with E-state index in [0.29, 0.717) is 11.5 Å². The number of nitrogens with zero attached hydrogens (tertiary/aromatic N) is 4. The molecular formula is C21H30N6O. The number of piperidine rings is 1. The molecule has 3 aliphatic rings. The minimum atomic E-state index is -0.537. The van der Waals surface area contributed by atoms with Crippen LogP contribution in [0.2, 0.25) is 0 Å². The van der Waals surface area contributed by atoms with Crippen molar-refractivity contribution < 1.29 is 4.79 Å². The molecule has 28 heavy (non-hydrogen) atoms. The third kappa shape index (κ3) is 3.34. The van der Waals surface area contributed by atoms with E-state index >= 15 is 0 Å². The predicted molar refractivity (Wildman–Crippen MR) is 114 cm³/mol. The summed E-state index contributed by atoms with van der Waals surface area (Å²) in [5, 5.41) is 0. The van der Waals surface area contributed by atoms with Crippen LogP contribution >= 0.6 is 0 Å². The van der Waals surface area contributed by atoms with Gasteiger partial charge in [-0.2, -0.15) is 4.99 Å². The van der Waals surface area contributed by atoms with Gasteiger partial charge < -0.3 is 16.4 Å². The minimum absolute atomic E-state index is 0.0233. The zero-order chi connectivity index (χ0) is 19.7. The number of Topliss-reactive ketones (excluding diaryl/α,β-unsaturated/α-hetero) is 1. The van der Waals surface area contributed by atoms with Gasteiger partial charge in [0.25, 0.3) is 0 Å². The number of hydrogen-bond donors (Lipinski definition) is 2. The van der Waals surface area contributed by atoms with Crippen LogP contribution in [0.15, 0.2) is 28.2 Å². The molecule has 2 fully saturated rings. The molecular weight excluding hydrogens is 352 g/mol. The lowest BCUT2D eigenvalue weighted by Crippen LogP contribution is -2.58. The minimum Gasteiger partial charge on any atom is -0.372 e. The molecule has 4 N–H and O–H groups in total. The summed E-state index contributed by atoms with van der Waals surface area (Å²) in [7, 11) is 0. The van der Waals surface area contributed by atoms with E-state index in [1.165, 1.54) is 25.7 Å². The van der Waals surface area contributed by atoms with Crippen molar-refractivity contribution in [3.05, 3.63) is 23.8 Å². The largest absolute Gasteiger partial charge is 0.372 e. The SMILES string of the molecule is CC(=O)c1cc(N2CCCCC2)ccc1N1C(N)=NC(N)=NC12CCCCC2.